The molecule has 1 aliphatic heterocycles. The molecule has 3 rings (SSSR count). The Balaban J connectivity index is 1.93. The summed E-state index contributed by atoms with van der Waals surface area (Å²) in [6.45, 7) is 3.16. The van der Waals surface area contributed by atoms with Crippen LogP contribution in [0.5, 0.6) is 5.75 Å². The predicted molar refractivity (Wildman–Crippen MR) is 112 cm³/mol. The van der Waals surface area contributed by atoms with E-state index < -0.39 is 39.8 Å². The van der Waals surface area contributed by atoms with E-state index in [4.69, 9.17) is 4.74 Å². The molecular weight excluding hydrogens is 468 g/mol. The average Bonchev–Trinajstić information content (AvgIpc) is 2.72. The van der Waals surface area contributed by atoms with Gasteiger partial charge in [-0.25, -0.2) is 17.6 Å². The van der Waals surface area contributed by atoms with Crippen LogP contribution in [0.4, 0.5) is 33.7 Å². The van der Waals surface area contributed by atoms with Gasteiger partial charge in [0.1, 0.15) is 17.7 Å². The predicted octanol–water partition coefficient (Wildman–Crippen LogP) is 5.08. The summed E-state index contributed by atoms with van der Waals surface area (Å²) in [7, 11) is -4.13. The van der Waals surface area contributed by atoms with Crippen LogP contribution in [0.15, 0.2) is 47.4 Å². The van der Waals surface area contributed by atoms with Gasteiger partial charge in [0, 0.05) is 5.69 Å². The van der Waals surface area contributed by atoms with Gasteiger partial charge < -0.3 is 9.47 Å². The summed E-state index contributed by atoms with van der Waals surface area (Å²) < 4.78 is 90.1. The SMILES string of the molecule is CCC1CN(S(=O)(=O)c2ccc(F)cc2)c2cc(NC(=O)OC(C)(C)C(F)(F)F)ccc2O1. The number of carbonyl (C=O) groups excluding carboxylic acids is 1. The maximum atomic E-state index is 13.3. The van der Waals surface area contributed by atoms with Crippen molar-refractivity contribution in [2.45, 2.75) is 50.0 Å². The Labute approximate surface area is 188 Å². The van der Waals surface area contributed by atoms with Gasteiger partial charge in [0.15, 0.2) is 0 Å². The maximum Gasteiger partial charge on any atom is 0.427 e. The van der Waals surface area contributed by atoms with Crippen molar-refractivity contribution in [2.24, 2.45) is 0 Å². The molecule has 0 radical (unpaired) electrons. The normalized spacial score (nSPS) is 16.6. The minimum atomic E-state index is -4.79. The van der Waals surface area contributed by atoms with Crippen molar-refractivity contribution in [3.05, 3.63) is 48.3 Å². The number of amides is 1. The van der Waals surface area contributed by atoms with Gasteiger partial charge in [-0.3, -0.25) is 9.62 Å². The van der Waals surface area contributed by atoms with Crippen LogP contribution >= 0.6 is 0 Å². The highest BCUT2D eigenvalue weighted by molar-refractivity contribution is 7.92. The van der Waals surface area contributed by atoms with E-state index in [0.717, 1.165) is 28.6 Å². The van der Waals surface area contributed by atoms with Crippen molar-refractivity contribution >= 4 is 27.5 Å². The molecule has 0 saturated heterocycles. The van der Waals surface area contributed by atoms with Crippen molar-refractivity contribution in [3.8, 4) is 5.75 Å². The first-order valence-corrected chi connectivity index (χ1v) is 11.3. The summed E-state index contributed by atoms with van der Waals surface area (Å²) in [5, 5.41) is 2.18. The summed E-state index contributed by atoms with van der Waals surface area (Å²) >= 11 is 0. The highest BCUT2D eigenvalue weighted by Crippen LogP contribution is 2.40. The lowest BCUT2D eigenvalue weighted by atomic mass is 10.1. The Hall–Kier alpha value is -3.02. The first-order chi connectivity index (χ1) is 15.2. The van der Waals surface area contributed by atoms with Crippen LogP contribution in [-0.2, 0) is 14.8 Å². The molecule has 1 N–H and O–H groups in total. The highest BCUT2D eigenvalue weighted by Gasteiger charge is 2.51. The van der Waals surface area contributed by atoms with E-state index in [1.54, 1.807) is 0 Å². The maximum absolute atomic E-state index is 13.3. The number of sulfonamides is 1. The number of hydrogen-bond acceptors (Lipinski definition) is 5. The Morgan fingerprint density at radius 2 is 1.82 bits per heavy atom. The lowest BCUT2D eigenvalue weighted by molar-refractivity contribution is -0.242. The largest absolute Gasteiger partial charge is 0.486 e. The number of hydrogen-bond donors (Lipinski definition) is 1. The van der Waals surface area contributed by atoms with Crippen molar-refractivity contribution in [1.29, 1.82) is 0 Å². The third kappa shape index (κ3) is 5.15. The third-order valence-corrected chi connectivity index (χ3v) is 6.82. The summed E-state index contributed by atoms with van der Waals surface area (Å²) in [6, 6.07) is 8.28. The van der Waals surface area contributed by atoms with Gasteiger partial charge in [-0.2, -0.15) is 13.2 Å². The van der Waals surface area contributed by atoms with E-state index in [9.17, 15) is 30.8 Å². The topological polar surface area (TPSA) is 84.9 Å². The van der Waals surface area contributed by atoms with Crippen molar-refractivity contribution in [1.82, 2.24) is 0 Å². The first kappa shape index (κ1) is 24.6. The molecule has 180 valence electrons. The molecule has 0 saturated carbocycles. The number of nitrogens with one attached hydrogen (secondary N) is 1. The second-order valence-electron chi connectivity index (χ2n) is 7.84. The zero-order chi connectivity index (χ0) is 24.6. The van der Waals surface area contributed by atoms with Gasteiger partial charge in [-0.05, 0) is 62.7 Å². The van der Waals surface area contributed by atoms with Crippen LogP contribution in [0.3, 0.4) is 0 Å². The molecule has 0 spiro atoms. The lowest BCUT2D eigenvalue weighted by Gasteiger charge is -2.35. The molecule has 0 fully saturated rings. The zero-order valence-corrected chi connectivity index (χ0v) is 18.8. The first-order valence-electron chi connectivity index (χ1n) is 9.90. The number of anilines is 2. The Bertz CT molecular complexity index is 1130. The van der Waals surface area contributed by atoms with Crippen LogP contribution in [0, 0.1) is 5.82 Å². The molecule has 2 aromatic rings. The second-order valence-corrected chi connectivity index (χ2v) is 9.71. The Morgan fingerprint density at radius 1 is 1.18 bits per heavy atom. The third-order valence-electron chi connectivity index (χ3n) is 5.02. The fourth-order valence-electron chi connectivity index (χ4n) is 3.00. The fraction of sp³-hybridized carbons (Fsp3) is 0.381. The molecular formula is C21H22F4N2O5S. The molecule has 1 amide bonds. The number of halogens is 4. The number of nitrogens with zero attached hydrogens (tertiary/aromatic N) is 1. The monoisotopic (exact) mass is 490 g/mol. The molecule has 1 heterocycles. The summed E-state index contributed by atoms with van der Waals surface area (Å²) in [5.41, 5.74) is -2.67. The molecule has 12 heteroatoms. The Morgan fingerprint density at radius 3 is 2.39 bits per heavy atom. The molecule has 2 aromatic carbocycles. The van der Waals surface area contributed by atoms with Crippen molar-refractivity contribution in [2.75, 3.05) is 16.2 Å². The van der Waals surface area contributed by atoms with Crippen molar-refractivity contribution in [3.63, 3.8) is 0 Å². The molecule has 1 unspecified atom stereocenters. The van der Waals surface area contributed by atoms with Gasteiger partial charge in [0.25, 0.3) is 10.0 Å². The van der Waals surface area contributed by atoms with E-state index in [1.807, 2.05) is 6.92 Å². The van der Waals surface area contributed by atoms with Crippen molar-refractivity contribution < 1.29 is 40.2 Å². The smallest absolute Gasteiger partial charge is 0.427 e. The molecule has 7 nitrogen and oxygen atoms in total. The molecule has 0 bridgehead atoms. The molecule has 0 aliphatic carbocycles. The number of carbonyl (C=O) groups is 1. The van der Waals surface area contributed by atoms with E-state index >= 15 is 0 Å². The molecule has 33 heavy (non-hydrogen) atoms. The van der Waals surface area contributed by atoms with Crippen LogP contribution in [0.25, 0.3) is 0 Å². The number of alkyl halides is 3. The minimum absolute atomic E-state index is 0.00502. The number of rotatable bonds is 5. The van der Waals surface area contributed by atoms with Gasteiger partial charge in [-0.15, -0.1) is 0 Å². The van der Waals surface area contributed by atoms with E-state index in [-0.39, 0.29) is 28.6 Å². The number of benzene rings is 2. The van der Waals surface area contributed by atoms with Crippen LogP contribution in [0.2, 0.25) is 0 Å². The highest BCUT2D eigenvalue weighted by atomic mass is 32.2. The zero-order valence-electron chi connectivity index (χ0n) is 17.9. The van der Waals surface area contributed by atoms with Crippen LogP contribution < -0.4 is 14.4 Å². The van der Waals surface area contributed by atoms with Gasteiger partial charge in [0.2, 0.25) is 5.60 Å². The number of ether oxygens (including phenoxy) is 2. The average molecular weight is 490 g/mol. The molecule has 0 aromatic heterocycles. The van der Waals surface area contributed by atoms with Gasteiger partial charge in [-0.1, -0.05) is 6.92 Å². The second kappa shape index (κ2) is 8.73. The lowest BCUT2D eigenvalue weighted by Crippen LogP contribution is -2.44. The molecule has 1 aliphatic rings. The van der Waals surface area contributed by atoms with Crippen LogP contribution in [0.1, 0.15) is 27.2 Å². The number of fused-ring (bicyclic) bond motifs is 1. The summed E-state index contributed by atoms with van der Waals surface area (Å²) in [6.07, 6.45) is -6.13. The van der Waals surface area contributed by atoms with E-state index in [1.165, 1.54) is 18.2 Å². The van der Waals surface area contributed by atoms with Gasteiger partial charge >= 0.3 is 12.3 Å². The van der Waals surface area contributed by atoms with E-state index in [2.05, 4.69) is 10.1 Å². The fourth-order valence-corrected chi connectivity index (χ4v) is 4.50. The quantitative estimate of drug-likeness (QED) is 0.591. The van der Waals surface area contributed by atoms with E-state index in [0.29, 0.717) is 20.3 Å². The Kier molecular flexibility index (Phi) is 6.51. The summed E-state index contributed by atoms with van der Waals surface area (Å²) in [5.74, 6) is -0.400. The van der Waals surface area contributed by atoms with Crippen LogP contribution in [-0.4, -0.2) is 38.9 Å². The van der Waals surface area contributed by atoms with Gasteiger partial charge in [0.05, 0.1) is 17.1 Å². The summed E-state index contributed by atoms with van der Waals surface area (Å²) in [4.78, 5) is 11.9. The minimum Gasteiger partial charge on any atom is -0.486 e. The standard InChI is InChI=1S/C21H22F4N2O5S/c1-4-15-12-27(33(29,30)16-8-5-13(22)6-9-16)17-11-14(7-10-18(17)31-15)26-19(28)32-20(2,3)21(23,24)25/h5-11,15H,4,12H2,1-3H3,(H,26,28). The molecule has 1 atom stereocenters.